The summed E-state index contributed by atoms with van der Waals surface area (Å²) in [5.41, 5.74) is 5.61. The molecule has 11 heavy (non-hydrogen) atoms. The maximum Gasteiger partial charge on any atom is 0.311 e. The molecule has 4 atom stereocenters. The van der Waals surface area contributed by atoms with Crippen LogP contribution in [-0.4, -0.2) is 29.3 Å². The van der Waals surface area contributed by atoms with Gasteiger partial charge in [-0.25, -0.2) is 0 Å². The van der Waals surface area contributed by atoms with Crippen molar-refractivity contribution in [3.63, 3.8) is 0 Å². The highest BCUT2D eigenvalue weighted by atomic mass is 16.5. The summed E-state index contributed by atoms with van der Waals surface area (Å²) in [5, 5.41) is 8.71. The monoisotopic (exact) mass is 155 g/mol. The first-order chi connectivity index (χ1) is 5.20. The van der Waals surface area contributed by atoms with Crippen molar-refractivity contribution < 1.29 is 14.6 Å². The molecule has 0 aromatic rings. The lowest BCUT2D eigenvalue weighted by Crippen LogP contribution is -2.41. The topological polar surface area (TPSA) is 72.6 Å². The molecule has 2 aliphatic rings. The molecule has 0 aliphatic carbocycles. The Balaban J connectivity index is 2.25. The van der Waals surface area contributed by atoms with Crippen molar-refractivity contribution in [3.8, 4) is 0 Å². The zero-order valence-electron chi connectivity index (χ0n) is 5.81. The van der Waals surface area contributed by atoms with Gasteiger partial charge in [-0.15, -0.1) is 0 Å². The summed E-state index contributed by atoms with van der Waals surface area (Å²) in [6.07, 6.45) is 3.12. The summed E-state index contributed by atoms with van der Waals surface area (Å²) in [4.78, 5) is 10.6. The van der Waals surface area contributed by atoms with Crippen LogP contribution in [-0.2, 0) is 9.53 Å². The molecule has 0 saturated carbocycles. The Hall–Kier alpha value is -0.870. The lowest BCUT2D eigenvalue weighted by atomic mass is 9.90. The number of carbonyl (C=O) groups is 1. The SMILES string of the molecule is N[C@@H]1[C@H](C(=O)O)[C@H]2C=C[C@@H]1O2. The van der Waals surface area contributed by atoms with Crippen LogP contribution in [0.4, 0.5) is 0 Å². The van der Waals surface area contributed by atoms with Crippen molar-refractivity contribution in [3.05, 3.63) is 12.2 Å². The number of fused-ring (bicyclic) bond motifs is 2. The third-order valence-corrected chi connectivity index (χ3v) is 2.24. The highest BCUT2D eigenvalue weighted by molar-refractivity contribution is 5.73. The Morgan fingerprint density at radius 3 is 2.45 bits per heavy atom. The molecule has 4 heteroatoms. The molecule has 0 aromatic heterocycles. The summed E-state index contributed by atoms with van der Waals surface area (Å²) in [6, 6.07) is -0.373. The predicted octanol–water partition coefficient (Wildman–Crippen LogP) is -0.648. The Morgan fingerprint density at radius 2 is 2.09 bits per heavy atom. The van der Waals surface area contributed by atoms with Gasteiger partial charge >= 0.3 is 5.97 Å². The van der Waals surface area contributed by atoms with Crippen molar-refractivity contribution in [2.24, 2.45) is 11.7 Å². The minimum Gasteiger partial charge on any atom is -0.481 e. The van der Waals surface area contributed by atoms with E-state index in [9.17, 15) is 4.79 Å². The van der Waals surface area contributed by atoms with E-state index in [-0.39, 0.29) is 18.2 Å². The van der Waals surface area contributed by atoms with Crippen LogP contribution < -0.4 is 5.73 Å². The lowest BCUT2D eigenvalue weighted by molar-refractivity contribution is -0.143. The molecule has 60 valence electrons. The Bertz CT molecular complexity index is 226. The number of ether oxygens (including phenoxy) is 1. The second-order valence-electron chi connectivity index (χ2n) is 2.89. The maximum absolute atomic E-state index is 10.6. The molecule has 1 fully saturated rings. The van der Waals surface area contributed by atoms with E-state index in [1.165, 1.54) is 0 Å². The molecule has 0 unspecified atom stereocenters. The van der Waals surface area contributed by atoms with E-state index < -0.39 is 11.9 Å². The third-order valence-electron chi connectivity index (χ3n) is 2.24. The molecule has 0 amide bonds. The molecule has 1 saturated heterocycles. The summed E-state index contributed by atoms with van der Waals surface area (Å²) in [7, 11) is 0. The molecule has 2 bridgehead atoms. The van der Waals surface area contributed by atoms with Crippen LogP contribution >= 0.6 is 0 Å². The van der Waals surface area contributed by atoms with E-state index in [2.05, 4.69) is 0 Å². The number of rotatable bonds is 1. The summed E-state index contributed by atoms with van der Waals surface area (Å²) >= 11 is 0. The number of carboxylic acids is 1. The van der Waals surface area contributed by atoms with Crippen LogP contribution in [0.3, 0.4) is 0 Å². The van der Waals surface area contributed by atoms with Gasteiger partial charge in [0.05, 0.1) is 18.2 Å². The minimum atomic E-state index is -0.866. The van der Waals surface area contributed by atoms with E-state index in [1.54, 1.807) is 6.08 Å². The Labute approximate surface area is 63.6 Å². The molecule has 2 rings (SSSR count). The van der Waals surface area contributed by atoms with E-state index in [1.807, 2.05) is 6.08 Å². The molecular formula is C7H9NO3. The van der Waals surface area contributed by atoms with Crippen molar-refractivity contribution >= 4 is 5.97 Å². The fraction of sp³-hybridized carbons (Fsp3) is 0.571. The van der Waals surface area contributed by atoms with Crippen molar-refractivity contribution in [2.75, 3.05) is 0 Å². The summed E-state index contributed by atoms with van der Waals surface area (Å²) in [6.45, 7) is 0. The standard InChI is InChI=1S/C7H9NO3/c8-6-4-2-1-3(11-4)5(6)7(9)10/h1-6H,8H2,(H,9,10)/t3-,4+,5-,6+/m1/s1. The van der Waals surface area contributed by atoms with Crippen molar-refractivity contribution in [2.45, 2.75) is 18.2 Å². The molecule has 2 aliphatic heterocycles. The first-order valence-electron chi connectivity index (χ1n) is 3.52. The zero-order chi connectivity index (χ0) is 8.01. The smallest absolute Gasteiger partial charge is 0.311 e. The number of carboxylic acid groups (broad SMARTS) is 1. The van der Waals surface area contributed by atoms with Crippen molar-refractivity contribution in [1.29, 1.82) is 0 Å². The van der Waals surface area contributed by atoms with Gasteiger partial charge in [-0.3, -0.25) is 4.79 Å². The number of hydrogen-bond donors (Lipinski definition) is 2. The maximum atomic E-state index is 10.6. The van der Waals surface area contributed by atoms with Crippen LogP contribution in [0.5, 0.6) is 0 Å². The fourth-order valence-electron chi connectivity index (χ4n) is 1.64. The van der Waals surface area contributed by atoms with Gasteiger partial charge < -0.3 is 15.6 Å². The minimum absolute atomic E-state index is 0.180. The molecule has 0 radical (unpaired) electrons. The largest absolute Gasteiger partial charge is 0.481 e. The van der Waals surface area contributed by atoms with Crippen LogP contribution in [0.25, 0.3) is 0 Å². The van der Waals surface area contributed by atoms with Gasteiger partial charge in [0.1, 0.15) is 5.92 Å². The highest BCUT2D eigenvalue weighted by Gasteiger charge is 2.47. The van der Waals surface area contributed by atoms with E-state index >= 15 is 0 Å². The van der Waals surface area contributed by atoms with Crippen LogP contribution in [0.15, 0.2) is 12.2 Å². The first kappa shape index (κ1) is 6.82. The van der Waals surface area contributed by atoms with E-state index in [0.29, 0.717) is 0 Å². The average Bonchev–Trinajstić information content (AvgIpc) is 2.44. The third kappa shape index (κ3) is 0.797. The summed E-state index contributed by atoms with van der Waals surface area (Å²) in [5.74, 6) is -1.42. The molecule has 2 heterocycles. The summed E-state index contributed by atoms with van der Waals surface area (Å²) < 4.78 is 5.24. The highest BCUT2D eigenvalue weighted by Crippen LogP contribution is 2.32. The predicted molar refractivity (Wildman–Crippen MR) is 36.9 cm³/mol. The molecular weight excluding hydrogens is 146 g/mol. The number of nitrogens with two attached hydrogens (primary N) is 1. The number of hydrogen-bond acceptors (Lipinski definition) is 3. The first-order valence-corrected chi connectivity index (χ1v) is 3.52. The van der Waals surface area contributed by atoms with Crippen molar-refractivity contribution in [1.82, 2.24) is 0 Å². The Morgan fingerprint density at radius 1 is 1.45 bits per heavy atom. The normalized spacial score (nSPS) is 46.6. The Kier molecular flexibility index (Phi) is 1.27. The zero-order valence-corrected chi connectivity index (χ0v) is 5.81. The van der Waals surface area contributed by atoms with Gasteiger partial charge in [-0.2, -0.15) is 0 Å². The molecule has 3 N–H and O–H groups in total. The van der Waals surface area contributed by atoms with Gasteiger partial charge in [0.15, 0.2) is 0 Å². The second kappa shape index (κ2) is 2.06. The van der Waals surface area contributed by atoms with Gasteiger partial charge in [-0.05, 0) is 0 Å². The molecule has 0 spiro atoms. The molecule has 4 nitrogen and oxygen atoms in total. The molecule has 0 aromatic carbocycles. The van der Waals surface area contributed by atoms with Gasteiger partial charge in [0, 0.05) is 0 Å². The van der Waals surface area contributed by atoms with E-state index in [0.717, 1.165) is 0 Å². The van der Waals surface area contributed by atoms with Gasteiger partial charge in [0.2, 0.25) is 0 Å². The van der Waals surface area contributed by atoms with Crippen LogP contribution in [0, 0.1) is 5.92 Å². The van der Waals surface area contributed by atoms with Gasteiger partial charge in [-0.1, -0.05) is 12.2 Å². The van der Waals surface area contributed by atoms with Gasteiger partial charge in [0.25, 0.3) is 0 Å². The fourth-order valence-corrected chi connectivity index (χ4v) is 1.64. The van der Waals surface area contributed by atoms with Crippen LogP contribution in [0.1, 0.15) is 0 Å². The van der Waals surface area contributed by atoms with E-state index in [4.69, 9.17) is 15.6 Å². The lowest BCUT2D eigenvalue weighted by Gasteiger charge is -2.16. The number of aliphatic carboxylic acids is 1. The average molecular weight is 155 g/mol. The second-order valence-corrected chi connectivity index (χ2v) is 2.89. The quantitative estimate of drug-likeness (QED) is 0.493. The van der Waals surface area contributed by atoms with Crippen LogP contribution in [0.2, 0.25) is 0 Å².